The Hall–Kier alpha value is -0.860. The number of amides is 2. The van der Waals surface area contributed by atoms with Gasteiger partial charge in [-0.2, -0.15) is 8.42 Å². The molecule has 102 valence electrons. The average Bonchev–Trinajstić information content (AvgIpc) is 2.54. The molecule has 0 N–H and O–H groups in total. The van der Waals surface area contributed by atoms with E-state index in [9.17, 15) is 18.0 Å². The third-order valence-corrected chi connectivity index (χ3v) is 4.83. The second-order valence-corrected chi connectivity index (χ2v) is 8.05. The largest absolute Gasteiger partial charge is 0.338 e. The Morgan fingerprint density at radius 2 is 1.42 bits per heavy atom. The fraction of sp³-hybridized carbons (Fsp3) is 0.111. The van der Waals surface area contributed by atoms with Crippen LogP contribution in [-0.2, 0) is 14.4 Å². The van der Waals surface area contributed by atoms with Gasteiger partial charge in [-0.1, -0.05) is 46.9 Å². The van der Waals surface area contributed by atoms with Gasteiger partial charge in [0.25, 0.3) is 11.8 Å². The fourth-order valence-electron chi connectivity index (χ4n) is 1.38. The minimum absolute atomic E-state index is 0.00650. The molecule has 0 aromatic heterocycles. The van der Waals surface area contributed by atoms with Gasteiger partial charge in [-0.25, -0.2) is 0 Å². The van der Waals surface area contributed by atoms with E-state index in [0.717, 1.165) is 0 Å². The molecule has 0 atom stereocenters. The molecular formula is C9H4Cl3NO5S. The summed E-state index contributed by atoms with van der Waals surface area (Å²) in [5, 5.41) is 0.0435. The minimum atomic E-state index is -4.78. The molecular weight excluding hydrogens is 341 g/mol. The van der Waals surface area contributed by atoms with Crippen LogP contribution in [0.3, 0.4) is 0 Å². The third-order valence-electron chi connectivity index (χ3n) is 2.21. The third kappa shape index (κ3) is 2.44. The Morgan fingerprint density at radius 1 is 1.00 bits per heavy atom. The van der Waals surface area contributed by atoms with Crippen LogP contribution in [0.25, 0.3) is 0 Å². The van der Waals surface area contributed by atoms with Crippen molar-refractivity contribution in [2.75, 3.05) is 0 Å². The van der Waals surface area contributed by atoms with Crippen molar-refractivity contribution in [1.29, 1.82) is 0 Å². The van der Waals surface area contributed by atoms with E-state index < -0.39 is 25.1 Å². The smallest absolute Gasteiger partial charge is 0.266 e. The van der Waals surface area contributed by atoms with Crippen molar-refractivity contribution in [2.45, 2.75) is 3.12 Å². The monoisotopic (exact) mass is 343 g/mol. The number of alkyl halides is 3. The lowest BCUT2D eigenvalue weighted by Gasteiger charge is -2.16. The van der Waals surface area contributed by atoms with E-state index in [4.69, 9.17) is 34.8 Å². The molecule has 10 heteroatoms. The zero-order chi connectivity index (χ0) is 14.4. The molecule has 6 nitrogen and oxygen atoms in total. The number of carbonyl (C=O) groups excluding carboxylic acids is 2. The van der Waals surface area contributed by atoms with E-state index >= 15 is 0 Å². The van der Waals surface area contributed by atoms with E-state index in [2.05, 4.69) is 4.28 Å². The standard InChI is InChI=1S/C9H4Cl3NO5S/c10-9(11,12)19(16,17)18-13-7(14)5-3-1-2-4-6(5)8(13)15/h1-4H. The Kier molecular flexibility index (Phi) is 3.53. The second kappa shape index (κ2) is 4.60. The maximum Gasteiger partial charge on any atom is 0.338 e. The molecule has 1 aliphatic rings. The Bertz CT molecular complexity index is 632. The highest BCUT2D eigenvalue weighted by Gasteiger charge is 2.46. The molecule has 2 rings (SSSR count). The van der Waals surface area contributed by atoms with Crippen molar-refractivity contribution in [3.05, 3.63) is 35.4 Å². The molecule has 2 amide bonds. The molecule has 1 aliphatic heterocycles. The summed E-state index contributed by atoms with van der Waals surface area (Å²) in [7, 11) is -4.78. The van der Waals surface area contributed by atoms with Crippen LogP contribution in [0.15, 0.2) is 24.3 Å². The number of hydrogen-bond acceptors (Lipinski definition) is 5. The minimum Gasteiger partial charge on any atom is -0.266 e. The van der Waals surface area contributed by atoms with Crippen LogP contribution >= 0.6 is 34.8 Å². The van der Waals surface area contributed by atoms with Gasteiger partial charge in [-0.3, -0.25) is 9.59 Å². The lowest BCUT2D eigenvalue weighted by atomic mass is 10.1. The zero-order valence-electron chi connectivity index (χ0n) is 8.84. The molecule has 0 aliphatic carbocycles. The number of rotatable bonds is 2. The van der Waals surface area contributed by atoms with Gasteiger partial charge in [-0.15, -0.1) is 9.35 Å². The Balaban J connectivity index is 2.37. The Labute approximate surface area is 122 Å². The molecule has 1 aromatic carbocycles. The summed E-state index contributed by atoms with van der Waals surface area (Å²) in [4.78, 5) is 23.6. The lowest BCUT2D eigenvalue weighted by molar-refractivity contribution is -0.0104. The highest BCUT2D eigenvalue weighted by atomic mass is 35.6. The highest BCUT2D eigenvalue weighted by molar-refractivity contribution is 7.92. The number of hydrogen-bond donors (Lipinski definition) is 0. The van der Waals surface area contributed by atoms with Gasteiger partial charge in [0, 0.05) is 0 Å². The van der Waals surface area contributed by atoms with Crippen LogP contribution in [0.5, 0.6) is 0 Å². The number of nitrogens with zero attached hydrogens (tertiary/aromatic N) is 1. The average molecular weight is 345 g/mol. The summed E-state index contributed by atoms with van der Waals surface area (Å²) in [6, 6.07) is 5.72. The molecule has 1 aromatic rings. The van der Waals surface area contributed by atoms with Gasteiger partial charge < -0.3 is 0 Å². The topological polar surface area (TPSA) is 80.8 Å². The predicted molar refractivity (Wildman–Crippen MR) is 67.2 cm³/mol. The van der Waals surface area contributed by atoms with Gasteiger partial charge in [-0.05, 0) is 12.1 Å². The van der Waals surface area contributed by atoms with Crippen molar-refractivity contribution in [1.82, 2.24) is 5.06 Å². The molecule has 0 spiro atoms. The number of fused-ring (bicyclic) bond motifs is 1. The van der Waals surface area contributed by atoms with Crippen LogP contribution in [0, 0.1) is 0 Å². The number of hydroxylamine groups is 2. The highest BCUT2D eigenvalue weighted by Crippen LogP contribution is 2.35. The summed E-state index contributed by atoms with van der Waals surface area (Å²) in [6.45, 7) is 0. The van der Waals surface area contributed by atoms with E-state index in [1.165, 1.54) is 24.3 Å². The summed E-state index contributed by atoms with van der Waals surface area (Å²) in [6.07, 6.45) is 0. The number of benzene rings is 1. The summed E-state index contributed by atoms with van der Waals surface area (Å²) >= 11 is 15.5. The van der Waals surface area contributed by atoms with Crippen LogP contribution in [-0.4, -0.2) is 28.4 Å². The Morgan fingerprint density at radius 3 is 1.79 bits per heavy atom. The van der Waals surface area contributed by atoms with Crippen LogP contribution in [0.1, 0.15) is 20.7 Å². The van der Waals surface area contributed by atoms with E-state index in [1.54, 1.807) is 0 Å². The van der Waals surface area contributed by atoms with E-state index in [1.807, 2.05) is 0 Å². The molecule has 1 heterocycles. The first-order valence-electron chi connectivity index (χ1n) is 4.64. The first-order chi connectivity index (χ1) is 8.65. The van der Waals surface area contributed by atoms with Crippen molar-refractivity contribution in [3.63, 3.8) is 0 Å². The number of carbonyl (C=O) groups is 2. The fourth-order valence-corrected chi connectivity index (χ4v) is 2.04. The van der Waals surface area contributed by atoms with Crippen molar-refractivity contribution in [2.24, 2.45) is 0 Å². The maximum absolute atomic E-state index is 11.8. The summed E-state index contributed by atoms with van der Waals surface area (Å²) in [5.41, 5.74) is 0.0130. The van der Waals surface area contributed by atoms with Gasteiger partial charge in [0.2, 0.25) is 0 Å². The molecule has 0 radical (unpaired) electrons. The summed E-state index contributed by atoms with van der Waals surface area (Å²) < 4.78 is 24.4. The van der Waals surface area contributed by atoms with Crippen LogP contribution in [0.2, 0.25) is 0 Å². The van der Waals surface area contributed by atoms with Crippen LogP contribution < -0.4 is 0 Å². The number of imide groups is 1. The van der Waals surface area contributed by atoms with Crippen molar-refractivity contribution < 1.29 is 22.3 Å². The van der Waals surface area contributed by atoms with Crippen molar-refractivity contribution in [3.8, 4) is 0 Å². The quantitative estimate of drug-likeness (QED) is 0.604. The molecule has 0 unspecified atom stereocenters. The zero-order valence-corrected chi connectivity index (χ0v) is 11.9. The van der Waals surface area contributed by atoms with Crippen molar-refractivity contribution >= 4 is 56.7 Å². The SMILES string of the molecule is O=C1c2ccccc2C(=O)N1OS(=O)(=O)C(Cl)(Cl)Cl. The van der Waals surface area contributed by atoms with Gasteiger partial charge in [0.1, 0.15) is 0 Å². The molecule has 19 heavy (non-hydrogen) atoms. The first-order valence-corrected chi connectivity index (χ1v) is 7.18. The van der Waals surface area contributed by atoms with Gasteiger partial charge in [0.05, 0.1) is 11.1 Å². The predicted octanol–water partition coefficient (Wildman–Crippen LogP) is 1.87. The maximum atomic E-state index is 11.8. The normalized spacial score (nSPS) is 15.8. The van der Waals surface area contributed by atoms with E-state index in [0.29, 0.717) is 0 Å². The van der Waals surface area contributed by atoms with Gasteiger partial charge >= 0.3 is 13.2 Å². The molecule has 0 bridgehead atoms. The molecule has 0 saturated carbocycles. The second-order valence-electron chi connectivity index (χ2n) is 3.42. The lowest BCUT2D eigenvalue weighted by Crippen LogP contribution is -2.36. The number of halogens is 3. The molecule has 0 saturated heterocycles. The molecule has 0 fully saturated rings. The van der Waals surface area contributed by atoms with Crippen LogP contribution in [0.4, 0.5) is 0 Å². The van der Waals surface area contributed by atoms with E-state index in [-0.39, 0.29) is 16.2 Å². The van der Waals surface area contributed by atoms with Gasteiger partial charge in [0.15, 0.2) is 0 Å². The summed E-state index contributed by atoms with van der Waals surface area (Å²) in [5.74, 6) is -1.89. The first kappa shape index (κ1) is 14.5.